The number of Topliss-reactive ketones (excluding diaryl/α,β-unsaturated/α-hetero) is 2. The molecular formula is C21H14Cl2NO5S2+. The quantitative estimate of drug-likeness (QED) is 0.406. The van der Waals surface area contributed by atoms with Gasteiger partial charge in [-0.3, -0.25) is 14.8 Å². The molecule has 1 aliphatic rings. The lowest BCUT2D eigenvalue weighted by Gasteiger charge is -2.05. The fraction of sp³-hybridized carbons (Fsp3) is 0.0952. The topological polar surface area (TPSA) is 91.5 Å². The first-order valence-electron chi connectivity index (χ1n) is 8.95. The Morgan fingerprint density at radius 3 is 2.42 bits per heavy atom. The largest absolute Gasteiger partial charge is 0.314 e. The zero-order valence-corrected chi connectivity index (χ0v) is 18.9. The Kier molecular flexibility index (Phi) is 5.74. The molecule has 0 amide bonds. The van der Waals surface area contributed by atoms with Gasteiger partial charge in [0.2, 0.25) is 0 Å². The number of hydrogen-bond donors (Lipinski definition) is 1. The number of ketones is 2. The number of rotatable bonds is 6. The van der Waals surface area contributed by atoms with E-state index in [1.165, 1.54) is 24.3 Å². The molecule has 6 nitrogen and oxygen atoms in total. The molecule has 0 saturated heterocycles. The number of fused-ring (bicyclic) bond motifs is 1. The minimum atomic E-state index is -3.77. The fourth-order valence-electron chi connectivity index (χ4n) is 3.32. The highest BCUT2D eigenvalue weighted by atomic mass is 35.5. The first-order chi connectivity index (χ1) is 14.7. The molecule has 0 fully saturated rings. The SMILES string of the molecule is O=C(Cc1ccc(C2=[N+](O)c3ccccc3C2=O)c(Cl)c1)CS(=O)(=O)c1ccc(Cl)s1. The minimum Gasteiger partial charge on any atom is -0.298 e. The van der Waals surface area contributed by atoms with Gasteiger partial charge in [-0.2, -0.15) is 0 Å². The van der Waals surface area contributed by atoms with Gasteiger partial charge in [-0.1, -0.05) is 41.4 Å². The van der Waals surface area contributed by atoms with E-state index in [4.69, 9.17) is 23.2 Å². The molecule has 158 valence electrons. The van der Waals surface area contributed by atoms with Gasteiger partial charge in [-0.25, -0.2) is 8.42 Å². The van der Waals surface area contributed by atoms with Gasteiger partial charge in [0.15, 0.2) is 15.6 Å². The fourth-order valence-corrected chi connectivity index (χ4v) is 6.42. The number of para-hydroxylation sites is 1. The summed E-state index contributed by atoms with van der Waals surface area (Å²) >= 11 is 13.0. The molecule has 0 bridgehead atoms. The summed E-state index contributed by atoms with van der Waals surface area (Å²) in [4.78, 5) is 25.0. The van der Waals surface area contributed by atoms with E-state index >= 15 is 0 Å². The van der Waals surface area contributed by atoms with Gasteiger partial charge in [-0.05, 0) is 35.9 Å². The van der Waals surface area contributed by atoms with Crippen molar-refractivity contribution in [2.75, 3.05) is 5.75 Å². The van der Waals surface area contributed by atoms with E-state index in [-0.39, 0.29) is 27.1 Å². The normalized spacial score (nSPS) is 13.5. The van der Waals surface area contributed by atoms with Gasteiger partial charge in [0.1, 0.15) is 15.5 Å². The third kappa shape index (κ3) is 4.16. The number of halogens is 2. The predicted octanol–water partition coefficient (Wildman–Crippen LogP) is 4.36. The molecule has 1 N–H and O–H groups in total. The number of sulfone groups is 1. The summed E-state index contributed by atoms with van der Waals surface area (Å²) in [5, 5.41) is 10.6. The summed E-state index contributed by atoms with van der Waals surface area (Å²) in [6.45, 7) is 0. The summed E-state index contributed by atoms with van der Waals surface area (Å²) < 4.78 is 25.9. The molecular weight excluding hydrogens is 481 g/mol. The van der Waals surface area contributed by atoms with Gasteiger partial charge < -0.3 is 0 Å². The molecule has 1 aromatic heterocycles. The molecule has 0 spiro atoms. The van der Waals surface area contributed by atoms with E-state index < -0.39 is 21.4 Å². The van der Waals surface area contributed by atoms with E-state index in [1.54, 1.807) is 30.3 Å². The van der Waals surface area contributed by atoms with E-state index in [0.717, 1.165) is 16.1 Å². The first-order valence-corrected chi connectivity index (χ1v) is 12.2. The van der Waals surface area contributed by atoms with Crippen LogP contribution in [0.15, 0.2) is 58.8 Å². The monoisotopic (exact) mass is 494 g/mol. The summed E-state index contributed by atoms with van der Waals surface area (Å²) in [5.41, 5.74) is 1.53. The number of carbonyl (C=O) groups excluding carboxylic acids is 2. The highest BCUT2D eigenvalue weighted by molar-refractivity contribution is 7.94. The Morgan fingerprint density at radius 1 is 1.03 bits per heavy atom. The average molecular weight is 495 g/mol. The van der Waals surface area contributed by atoms with E-state index in [9.17, 15) is 23.2 Å². The number of nitrogens with zero attached hydrogens (tertiary/aromatic N) is 1. The molecule has 0 saturated carbocycles. The first kappa shape index (κ1) is 21.7. The van der Waals surface area contributed by atoms with Crippen molar-refractivity contribution in [2.45, 2.75) is 10.6 Å². The van der Waals surface area contributed by atoms with Gasteiger partial charge >= 0.3 is 5.71 Å². The van der Waals surface area contributed by atoms with Crippen LogP contribution in [0.4, 0.5) is 5.69 Å². The second-order valence-electron chi connectivity index (χ2n) is 6.85. The second-order valence-corrected chi connectivity index (χ2v) is 11.2. The van der Waals surface area contributed by atoms with Crippen LogP contribution in [-0.2, 0) is 21.1 Å². The number of carbonyl (C=O) groups is 2. The number of benzene rings is 2. The van der Waals surface area contributed by atoms with E-state index in [1.807, 2.05) is 0 Å². The molecule has 2 heterocycles. The molecule has 3 aromatic rings. The molecule has 0 radical (unpaired) electrons. The van der Waals surface area contributed by atoms with Crippen LogP contribution in [0.5, 0.6) is 0 Å². The maximum absolute atomic E-state index is 12.7. The Bertz CT molecular complexity index is 1380. The highest BCUT2D eigenvalue weighted by Crippen LogP contribution is 2.30. The van der Waals surface area contributed by atoms with E-state index in [2.05, 4.69) is 0 Å². The second kappa shape index (κ2) is 8.20. The van der Waals surface area contributed by atoms with Crippen LogP contribution in [0.2, 0.25) is 9.36 Å². The number of thiophene rings is 1. The van der Waals surface area contributed by atoms with Crippen LogP contribution in [0, 0.1) is 0 Å². The van der Waals surface area contributed by atoms with Gasteiger partial charge in [0.25, 0.3) is 11.5 Å². The van der Waals surface area contributed by atoms with E-state index in [0.29, 0.717) is 26.7 Å². The van der Waals surface area contributed by atoms with Crippen molar-refractivity contribution < 1.29 is 28.0 Å². The standard InChI is InChI=1S/C21H14Cl2NO5S2/c22-16-10-12(9-13(25)11-31(28,29)19-8-7-18(23)30-19)5-6-14(16)20-21(26)15-3-1-2-4-17(15)24(20)27/h1-8,10,27H,9,11H2/q+1. The Balaban J connectivity index is 1.54. The van der Waals surface area contributed by atoms with Crippen molar-refractivity contribution in [3.63, 3.8) is 0 Å². The van der Waals surface area contributed by atoms with Crippen LogP contribution in [0.25, 0.3) is 0 Å². The maximum atomic E-state index is 12.7. The van der Waals surface area contributed by atoms with Crippen LogP contribution in [0.1, 0.15) is 21.5 Å². The van der Waals surface area contributed by atoms with Crippen molar-refractivity contribution >= 4 is 67.3 Å². The molecule has 31 heavy (non-hydrogen) atoms. The zero-order chi connectivity index (χ0) is 22.3. The molecule has 0 unspecified atom stereocenters. The summed E-state index contributed by atoms with van der Waals surface area (Å²) in [5.74, 6) is -1.53. The van der Waals surface area contributed by atoms with Crippen molar-refractivity contribution in [1.29, 1.82) is 0 Å². The molecule has 0 atom stereocenters. The molecule has 0 aliphatic carbocycles. The van der Waals surface area contributed by atoms with Crippen molar-refractivity contribution in [3.8, 4) is 0 Å². The molecule has 2 aromatic carbocycles. The van der Waals surface area contributed by atoms with Crippen molar-refractivity contribution in [2.24, 2.45) is 0 Å². The van der Waals surface area contributed by atoms with Gasteiger partial charge in [0.05, 0.1) is 14.9 Å². The average Bonchev–Trinajstić information content (AvgIpc) is 3.25. The molecule has 10 heteroatoms. The van der Waals surface area contributed by atoms with Crippen LogP contribution in [0.3, 0.4) is 0 Å². The lowest BCUT2D eigenvalue weighted by atomic mass is 10.0. The van der Waals surface area contributed by atoms with Crippen LogP contribution in [-0.4, -0.2) is 41.4 Å². The summed E-state index contributed by atoms with van der Waals surface area (Å²) in [7, 11) is -3.77. The lowest BCUT2D eigenvalue weighted by molar-refractivity contribution is -0.710. The Hall–Kier alpha value is -2.52. The predicted molar refractivity (Wildman–Crippen MR) is 118 cm³/mol. The van der Waals surface area contributed by atoms with Crippen molar-refractivity contribution in [3.05, 3.63) is 80.6 Å². The Morgan fingerprint density at radius 2 is 1.77 bits per heavy atom. The van der Waals surface area contributed by atoms with Gasteiger partial charge in [-0.15, -0.1) is 11.3 Å². The molecule has 4 rings (SSSR count). The third-order valence-corrected chi connectivity index (χ3v) is 8.50. The van der Waals surface area contributed by atoms with Gasteiger partial charge in [0, 0.05) is 17.2 Å². The van der Waals surface area contributed by atoms with Crippen LogP contribution < -0.4 is 0 Å². The summed E-state index contributed by atoms with van der Waals surface area (Å²) in [6, 6.07) is 14.0. The maximum Gasteiger partial charge on any atom is 0.314 e. The summed E-state index contributed by atoms with van der Waals surface area (Å²) in [6.07, 6.45) is -0.148. The zero-order valence-electron chi connectivity index (χ0n) is 15.7. The Labute approximate surface area is 191 Å². The number of hydrogen-bond acceptors (Lipinski definition) is 6. The van der Waals surface area contributed by atoms with Crippen molar-refractivity contribution in [1.82, 2.24) is 0 Å². The third-order valence-electron chi connectivity index (χ3n) is 4.70. The smallest absolute Gasteiger partial charge is 0.298 e. The lowest BCUT2D eigenvalue weighted by Crippen LogP contribution is -2.19. The highest BCUT2D eigenvalue weighted by Gasteiger charge is 2.41. The minimum absolute atomic E-state index is 0.0150. The van der Waals surface area contributed by atoms with Crippen LogP contribution >= 0.6 is 34.5 Å². The molecule has 1 aliphatic heterocycles.